The van der Waals surface area contributed by atoms with Gasteiger partial charge in [0.1, 0.15) is 0 Å². The Morgan fingerprint density at radius 3 is 2.39 bits per heavy atom. The lowest BCUT2D eigenvalue weighted by Gasteiger charge is -2.17. The summed E-state index contributed by atoms with van der Waals surface area (Å²) in [6.45, 7) is 4.16. The van der Waals surface area contributed by atoms with Gasteiger partial charge in [-0.05, 0) is 30.9 Å². The summed E-state index contributed by atoms with van der Waals surface area (Å²) in [7, 11) is 3.23. The number of carbonyl (C=O) groups is 1. The Balaban J connectivity index is 3.37. The summed E-state index contributed by atoms with van der Waals surface area (Å²) in [6, 6.07) is 1.93. The van der Waals surface area contributed by atoms with Crippen LogP contribution in [0.25, 0.3) is 0 Å². The van der Waals surface area contributed by atoms with Gasteiger partial charge in [0, 0.05) is 11.1 Å². The monoisotopic (exact) mass is 250 g/mol. The Morgan fingerprint density at radius 1 is 1.22 bits per heavy atom. The summed E-state index contributed by atoms with van der Waals surface area (Å²) >= 11 is 0. The van der Waals surface area contributed by atoms with E-state index < -0.39 is 0 Å². The SMILES string of the molecule is CCCCc1cc(OC)c(OC)c(CC)c1C=O. The molecule has 0 aliphatic rings. The molecule has 0 aliphatic heterocycles. The van der Waals surface area contributed by atoms with Crippen LogP contribution in [0.2, 0.25) is 0 Å². The molecule has 0 saturated heterocycles. The van der Waals surface area contributed by atoms with Crippen molar-refractivity contribution in [1.29, 1.82) is 0 Å². The molecule has 0 N–H and O–H groups in total. The van der Waals surface area contributed by atoms with Crippen LogP contribution in [-0.2, 0) is 12.8 Å². The summed E-state index contributed by atoms with van der Waals surface area (Å²) in [6.07, 6.45) is 4.77. The van der Waals surface area contributed by atoms with Gasteiger partial charge in [0.05, 0.1) is 14.2 Å². The summed E-state index contributed by atoms with van der Waals surface area (Å²) < 4.78 is 10.7. The first-order chi connectivity index (χ1) is 8.73. The van der Waals surface area contributed by atoms with Crippen molar-refractivity contribution in [2.75, 3.05) is 14.2 Å². The molecule has 0 unspecified atom stereocenters. The normalized spacial score (nSPS) is 10.2. The van der Waals surface area contributed by atoms with Gasteiger partial charge in [-0.15, -0.1) is 0 Å². The molecule has 1 aromatic carbocycles. The maximum atomic E-state index is 11.3. The molecule has 3 nitrogen and oxygen atoms in total. The second-order valence-corrected chi connectivity index (χ2v) is 4.24. The third-order valence-electron chi connectivity index (χ3n) is 3.17. The minimum absolute atomic E-state index is 0.683. The predicted molar refractivity (Wildman–Crippen MR) is 72.9 cm³/mol. The summed E-state index contributed by atoms with van der Waals surface area (Å²) in [5, 5.41) is 0. The summed E-state index contributed by atoms with van der Waals surface area (Å²) in [4.78, 5) is 11.3. The van der Waals surface area contributed by atoms with Crippen LogP contribution < -0.4 is 9.47 Å². The molecule has 1 rings (SSSR count). The Morgan fingerprint density at radius 2 is 1.94 bits per heavy atom. The van der Waals surface area contributed by atoms with E-state index in [4.69, 9.17) is 9.47 Å². The molecule has 0 aliphatic carbocycles. The molecule has 0 fully saturated rings. The van der Waals surface area contributed by atoms with E-state index in [1.165, 1.54) is 0 Å². The second-order valence-electron chi connectivity index (χ2n) is 4.24. The molecule has 0 radical (unpaired) electrons. The summed E-state index contributed by atoms with van der Waals surface area (Å²) in [5.41, 5.74) is 2.77. The average Bonchev–Trinajstić information content (AvgIpc) is 2.42. The highest BCUT2D eigenvalue weighted by Crippen LogP contribution is 2.36. The minimum Gasteiger partial charge on any atom is -0.493 e. The first-order valence-corrected chi connectivity index (χ1v) is 6.45. The van der Waals surface area contributed by atoms with Crippen molar-refractivity contribution in [3.05, 3.63) is 22.8 Å². The van der Waals surface area contributed by atoms with Gasteiger partial charge in [-0.3, -0.25) is 4.79 Å². The Kier molecular flexibility index (Phi) is 5.69. The van der Waals surface area contributed by atoms with Gasteiger partial charge in [-0.25, -0.2) is 0 Å². The third-order valence-corrected chi connectivity index (χ3v) is 3.17. The molecule has 18 heavy (non-hydrogen) atoms. The van der Waals surface area contributed by atoms with Crippen LogP contribution in [0.5, 0.6) is 11.5 Å². The van der Waals surface area contributed by atoms with Crippen molar-refractivity contribution in [2.24, 2.45) is 0 Å². The molecule has 0 aromatic heterocycles. The van der Waals surface area contributed by atoms with Crippen LogP contribution >= 0.6 is 0 Å². The van der Waals surface area contributed by atoms with Crippen molar-refractivity contribution in [1.82, 2.24) is 0 Å². The standard InChI is InChI=1S/C15H22O3/c1-5-7-8-11-9-14(17-3)15(18-4)12(6-2)13(11)10-16/h9-10H,5-8H2,1-4H3. The van der Waals surface area contributed by atoms with Crippen molar-refractivity contribution in [3.8, 4) is 11.5 Å². The molecule has 3 heteroatoms. The fourth-order valence-electron chi connectivity index (χ4n) is 2.21. The van der Waals surface area contributed by atoms with Crippen LogP contribution in [0.3, 0.4) is 0 Å². The molecule has 0 bridgehead atoms. The van der Waals surface area contributed by atoms with Gasteiger partial charge >= 0.3 is 0 Å². The van der Waals surface area contributed by atoms with Gasteiger partial charge in [0.15, 0.2) is 17.8 Å². The van der Waals surface area contributed by atoms with E-state index in [2.05, 4.69) is 6.92 Å². The van der Waals surface area contributed by atoms with Gasteiger partial charge in [0.2, 0.25) is 0 Å². The highest BCUT2D eigenvalue weighted by atomic mass is 16.5. The maximum Gasteiger partial charge on any atom is 0.164 e. The van der Waals surface area contributed by atoms with Crippen LogP contribution in [0.15, 0.2) is 6.07 Å². The van der Waals surface area contributed by atoms with Crippen molar-refractivity contribution >= 4 is 6.29 Å². The number of ether oxygens (including phenoxy) is 2. The number of unbranched alkanes of at least 4 members (excludes halogenated alkanes) is 1. The van der Waals surface area contributed by atoms with E-state index >= 15 is 0 Å². The molecule has 100 valence electrons. The highest BCUT2D eigenvalue weighted by molar-refractivity contribution is 5.82. The van der Waals surface area contributed by atoms with Crippen LogP contribution in [0, 0.1) is 0 Å². The number of benzene rings is 1. The Labute approximate surface area is 109 Å². The molecule has 1 aromatic rings. The number of rotatable bonds is 7. The maximum absolute atomic E-state index is 11.3. The van der Waals surface area contributed by atoms with E-state index in [1.807, 2.05) is 13.0 Å². The van der Waals surface area contributed by atoms with Gasteiger partial charge in [-0.2, -0.15) is 0 Å². The van der Waals surface area contributed by atoms with Crippen molar-refractivity contribution in [2.45, 2.75) is 39.5 Å². The van der Waals surface area contributed by atoms with E-state index in [9.17, 15) is 4.79 Å². The minimum atomic E-state index is 0.683. The first-order valence-electron chi connectivity index (χ1n) is 6.45. The number of aldehydes is 1. The lowest BCUT2D eigenvalue weighted by molar-refractivity contribution is 0.112. The van der Waals surface area contributed by atoms with Crippen molar-refractivity contribution < 1.29 is 14.3 Å². The predicted octanol–water partition coefficient (Wildman–Crippen LogP) is 3.42. The van der Waals surface area contributed by atoms with Gasteiger partial charge in [0.25, 0.3) is 0 Å². The van der Waals surface area contributed by atoms with Crippen LogP contribution in [0.1, 0.15) is 48.2 Å². The average molecular weight is 250 g/mol. The smallest absolute Gasteiger partial charge is 0.164 e. The fraction of sp³-hybridized carbons (Fsp3) is 0.533. The summed E-state index contributed by atoms with van der Waals surface area (Å²) in [5.74, 6) is 1.40. The number of hydrogen-bond acceptors (Lipinski definition) is 3. The third kappa shape index (κ3) is 2.84. The molecule has 0 amide bonds. The van der Waals surface area contributed by atoms with E-state index in [0.29, 0.717) is 11.5 Å². The number of hydrogen-bond donors (Lipinski definition) is 0. The van der Waals surface area contributed by atoms with Gasteiger partial charge in [-0.1, -0.05) is 20.3 Å². The van der Waals surface area contributed by atoms with E-state index in [-0.39, 0.29) is 0 Å². The topological polar surface area (TPSA) is 35.5 Å². The largest absolute Gasteiger partial charge is 0.493 e. The molecule has 0 heterocycles. The lowest BCUT2D eigenvalue weighted by atomic mass is 9.95. The zero-order valence-corrected chi connectivity index (χ0v) is 11.7. The quantitative estimate of drug-likeness (QED) is 0.695. The van der Waals surface area contributed by atoms with Crippen LogP contribution in [0.4, 0.5) is 0 Å². The number of aryl methyl sites for hydroxylation is 1. The fourth-order valence-corrected chi connectivity index (χ4v) is 2.21. The first kappa shape index (κ1) is 14.6. The second kappa shape index (κ2) is 7.04. The van der Waals surface area contributed by atoms with Crippen LogP contribution in [-0.4, -0.2) is 20.5 Å². The number of carbonyl (C=O) groups excluding carboxylic acids is 1. The molecular weight excluding hydrogens is 228 g/mol. The van der Waals surface area contributed by atoms with E-state index in [0.717, 1.165) is 48.7 Å². The Bertz CT molecular complexity index is 411. The number of methoxy groups -OCH3 is 2. The highest BCUT2D eigenvalue weighted by Gasteiger charge is 2.17. The molecule has 0 atom stereocenters. The van der Waals surface area contributed by atoms with E-state index in [1.54, 1.807) is 14.2 Å². The molecule has 0 saturated carbocycles. The zero-order valence-electron chi connectivity index (χ0n) is 11.7. The Hall–Kier alpha value is -1.51. The van der Waals surface area contributed by atoms with Crippen molar-refractivity contribution in [3.63, 3.8) is 0 Å². The van der Waals surface area contributed by atoms with Gasteiger partial charge < -0.3 is 9.47 Å². The molecule has 0 spiro atoms. The lowest BCUT2D eigenvalue weighted by Crippen LogP contribution is -2.04. The zero-order chi connectivity index (χ0) is 13.5. The molecular formula is C15H22O3.